The van der Waals surface area contributed by atoms with Gasteiger partial charge in [0, 0.05) is 18.3 Å². The second-order valence-electron chi connectivity index (χ2n) is 4.62. The Labute approximate surface area is 117 Å². The summed E-state index contributed by atoms with van der Waals surface area (Å²) in [5.74, 6) is -1.36. The Kier molecular flexibility index (Phi) is 4.17. The summed E-state index contributed by atoms with van der Waals surface area (Å²) in [5.41, 5.74) is 2.77. The number of pyridine rings is 1. The Morgan fingerprint density at radius 2 is 1.75 bits per heavy atom. The van der Waals surface area contributed by atoms with Gasteiger partial charge in [0.2, 0.25) is 0 Å². The number of hydrogen-bond acceptors (Lipinski definition) is 3. The smallest absolute Gasteiger partial charge is 0.169 e. The first-order valence-corrected chi connectivity index (χ1v) is 6.45. The van der Waals surface area contributed by atoms with Crippen molar-refractivity contribution in [2.45, 2.75) is 20.8 Å². The van der Waals surface area contributed by atoms with Gasteiger partial charge in [-0.1, -0.05) is 12.1 Å². The maximum absolute atomic E-state index is 13.8. The van der Waals surface area contributed by atoms with Crippen molar-refractivity contribution in [2.75, 3.05) is 17.2 Å². The van der Waals surface area contributed by atoms with Gasteiger partial charge in [0.1, 0.15) is 0 Å². The van der Waals surface area contributed by atoms with Crippen LogP contribution in [0.2, 0.25) is 0 Å². The van der Waals surface area contributed by atoms with Crippen LogP contribution in [-0.4, -0.2) is 11.5 Å². The van der Waals surface area contributed by atoms with E-state index in [1.807, 2.05) is 39.0 Å². The molecule has 2 rings (SSSR count). The van der Waals surface area contributed by atoms with Crippen molar-refractivity contribution >= 4 is 17.3 Å². The average molecular weight is 277 g/mol. The molecule has 0 amide bonds. The van der Waals surface area contributed by atoms with Gasteiger partial charge in [-0.25, -0.2) is 13.8 Å². The van der Waals surface area contributed by atoms with Crippen LogP contribution < -0.4 is 10.6 Å². The van der Waals surface area contributed by atoms with E-state index in [2.05, 4.69) is 15.6 Å². The fourth-order valence-electron chi connectivity index (χ4n) is 1.84. The van der Waals surface area contributed by atoms with Gasteiger partial charge in [-0.05, 0) is 38.0 Å². The highest BCUT2D eigenvalue weighted by Gasteiger charge is 2.12. The van der Waals surface area contributed by atoms with Crippen LogP contribution in [0.15, 0.2) is 24.3 Å². The van der Waals surface area contributed by atoms with Crippen LogP contribution in [0.4, 0.5) is 26.1 Å². The van der Waals surface area contributed by atoms with E-state index < -0.39 is 11.6 Å². The molecule has 0 spiro atoms. The van der Waals surface area contributed by atoms with Crippen molar-refractivity contribution in [1.29, 1.82) is 0 Å². The molecule has 106 valence electrons. The molecule has 5 heteroatoms. The number of nitrogens with zero attached hydrogens (tertiary/aromatic N) is 1. The van der Waals surface area contributed by atoms with Crippen molar-refractivity contribution in [3.63, 3.8) is 0 Å². The van der Waals surface area contributed by atoms with Gasteiger partial charge in [0.15, 0.2) is 23.3 Å². The van der Waals surface area contributed by atoms with E-state index in [0.29, 0.717) is 6.54 Å². The highest BCUT2D eigenvalue weighted by molar-refractivity contribution is 5.63. The zero-order chi connectivity index (χ0) is 14.7. The first kappa shape index (κ1) is 14.2. The lowest BCUT2D eigenvalue weighted by atomic mass is 10.1. The van der Waals surface area contributed by atoms with Gasteiger partial charge in [-0.2, -0.15) is 0 Å². The maximum atomic E-state index is 13.8. The summed E-state index contributed by atoms with van der Waals surface area (Å²) >= 11 is 0. The highest BCUT2D eigenvalue weighted by atomic mass is 19.1. The normalized spacial score (nSPS) is 10.4. The monoisotopic (exact) mass is 277 g/mol. The second kappa shape index (κ2) is 5.86. The lowest BCUT2D eigenvalue weighted by molar-refractivity contribution is 0.579. The van der Waals surface area contributed by atoms with Crippen molar-refractivity contribution in [1.82, 2.24) is 4.98 Å². The zero-order valence-corrected chi connectivity index (χ0v) is 11.7. The molecule has 0 aliphatic heterocycles. The van der Waals surface area contributed by atoms with E-state index in [-0.39, 0.29) is 11.6 Å². The molecule has 20 heavy (non-hydrogen) atoms. The minimum atomic E-state index is -0.718. The predicted molar refractivity (Wildman–Crippen MR) is 77.5 cm³/mol. The molecule has 0 saturated heterocycles. The van der Waals surface area contributed by atoms with Crippen molar-refractivity contribution in [3.05, 3.63) is 47.0 Å². The summed E-state index contributed by atoms with van der Waals surface area (Å²) in [6, 6.07) is 6.63. The molecule has 0 bridgehead atoms. The fourth-order valence-corrected chi connectivity index (χ4v) is 1.84. The third-order valence-electron chi connectivity index (χ3n) is 2.92. The number of halogens is 2. The Morgan fingerprint density at radius 1 is 1.05 bits per heavy atom. The summed E-state index contributed by atoms with van der Waals surface area (Å²) < 4.78 is 27.3. The Balaban J connectivity index is 2.37. The van der Waals surface area contributed by atoms with Gasteiger partial charge < -0.3 is 10.6 Å². The van der Waals surface area contributed by atoms with E-state index in [4.69, 9.17) is 0 Å². The number of aryl methyl sites for hydroxylation is 2. The topological polar surface area (TPSA) is 37.0 Å². The molecule has 1 aromatic heterocycles. The molecule has 0 radical (unpaired) electrons. The SMILES string of the molecule is CCNc1nc(Nc2cc(C)ccc2C)c(F)cc1F. The summed E-state index contributed by atoms with van der Waals surface area (Å²) in [6.45, 7) is 6.19. The molecule has 0 saturated carbocycles. The second-order valence-corrected chi connectivity index (χ2v) is 4.62. The minimum absolute atomic E-state index is 0.0102. The molecule has 0 fully saturated rings. The lowest BCUT2D eigenvalue weighted by Crippen LogP contribution is -2.07. The fraction of sp³-hybridized carbons (Fsp3) is 0.267. The Bertz CT molecular complexity index is 627. The first-order valence-electron chi connectivity index (χ1n) is 6.45. The Hall–Kier alpha value is -2.17. The number of anilines is 3. The summed E-state index contributed by atoms with van der Waals surface area (Å²) in [4.78, 5) is 3.96. The zero-order valence-electron chi connectivity index (χ0n) is 11.7. The van der Waals surface area contributed by atoms with Crippen molar-refractivity contribution < 1.29 is 8.78 Å². The molecular formula is C15H17F2N3. The van der Waals surface area contributed by atoms with E-state index in [1.165, 1.54) is 0 Å². The van der Waals surface area contributed by atoms with E-state index in [9.17, 15) is 8.78 Å². The van der Waals surface area contributed by atoms with Crippen LogP contribution in [-0.2, 0) is 0 Å². The van der Waals surface area contributed by atoms with Gasteiger partial charge in [-0.3, -0.25) is 0 Å². The quantitative estimate of drug-likeness (QED) is 0.881. The van der Waals surface area contributed by atoms with Crippen LogP contribution in [0.1, 0.15) is 18.1 Å². The van der Waals surface area contributed by atoms with Gasteiger partial charge in [0.25, 0.3) is 0 Å². The average Bonchev–Trinajstić information content (AvgIpc) is 2.39. The number of nitrogens with one attached hydrogen (secondary N) is 2. The van der Waals surface area contributed by atoms with Crippen molar-refractivity contribution in [3.8, 4) is 0 Å². The number of aromatic nitrogens is 1. The van der Waals surface area contributed by atoms with Gasteiger partial charge in [0.05, 0.1) is 0 Å². The lowest BCUT2D eigenvalue weighted by Gasteiger charge is -2.12. The standard InChI is InChI=1S/C15H17F2N3/c1-4-18-14-11(16)8-12(17)15(20-14)19-13-7-9(2)5-6-10(13)3/h5-8H,4H2,1-3H3,(H2,18,19,20). The van der Waals surface area contributed by atoms with Crippen LogP contribution >= 0.6 is 0 Å². The first-order chi connectivity index (χ1) is 9.51. The molecule has 2 aromatic rings. The molecule has 0 aliphatic carbocycles. The number of rotatable bonds is 4. The Morgan fingerprint density at radius 3 is 2.45 bits per heavy atom. The van der Waals surface area contributed by atoms with Crippen LogP contribution in [0, 0.1) is 25.5 Å². The molecule has 2 N–H and O–H groups in total. The number of benzene rings is 1. The van der Waals surface area contributed by atoms with E-state index >= 15 is 0 Å². The van der Waals surface area contributed by atoms with Crippen LogP contribution in [0.3, 0.4) is 0 Å². The summed E-state index contributed by atoms with van der Waals surface area (Å²) in [7, 11) is 0. The van der Waals surface area contributed by atoms with Crippen molar-refractivity contribution in [2.24, 2.45) is 0 Å². The molecule has 0 unspecified atom stereocenters. The van der Waals surface area contributed by atoms with E-state index in [0.717, 1.165) is 22.9 Å². The molecule has 0 aliphatic rings. The highest BCUT2D eigenvalue weighted by Crippen LogP contribution is 2.25. The molecule has 1 aromatic carbocycles. The summed E-state index contributed by atoms with van der Waals surface area (Å²) in [6.07, 6.45) is 0. The summed E-state index contributed by atoms with van der Waals surface area (Å²) in [5, 5.41) is 5.68. The number of hydrogen-bond donors (Lipinski definition) is 2. The van der Waals surface area contributed by atoms with Crippen LogP contribution in [0.5, 0.6) is 0 Å². The molecule has 0 atom stereocenters. The largest absolute Gasteiger partial charge is 0.368 e. The maximum Gasteiger partial charge on any atom is 0.169 e. The molecular weight excluding hydrogens is 260 g/mol. The minimum Gasteiger partial charge on any atom is -0.368 e. The molecule has 3 nitrogen and oxygen atoms in total. The van der Waals surface area contributed by atoms with E-state index in [1.54, 1.807) is 0 Å². The van der Waals surface area contributed by atoms with Crippen LogP contribution in [0.25, 0.3) is 0 Å². The van der Waals surface area contributed by atoms with Gasteiger partial charge >= 0.3 is 0 Å². The predicted octanol–water partition coefficient (Wildman–Crippen LogP) is 4.15. The third-order valence-corrected chi connectivity index (χ3v) is 2.92. The third kappa shape index (κ3) is 3.04. The molecule has 1 heterocycles. The van der Waals surface area contributed by atoms with Gasteiger partial charge in [-0.15, -0.1) is 0 Å².